The molecule has 6 rings (SSSR count). The van der Waals surface area contributed by atoms with Gasteiger partial charge in [-0.2, -0.15) is 22.0 Å². The third-order valence-corrected chi connectivity index (χ3v) is 8.59. The van der Waals surface area contributed by atoms with Gasteiger partial charge < -0.3 is 24.6 Å². The molecule has 0 radical (unpaired) electrons. The minimum absolute atomic E-state index is 0.223. The number of aliphatic hydroxyl groups excluding tert-OH is 1. The smallest absolute Gasteiger partial charge is 0.379 e. The van der Waals surface area contributed by atoms with Crippen LogP contribution < -0.4 is 9.80 Å². The van der Waals surface area contributed by atoms with Crippen molar-refractivity contribution in [1.29, 1.82) is 0 Å². The van der Waals surface area contributed by atoms with Crippen molar-refractivity contribution in [3.63, 3.8) is 0 Å². The molecule has 2 atom stereocenters. The SMILES string of the molecule is OC(c1ccc(N2CCN(c3ccc(-c4ccc(C(F)(F)[C@](O)(Cn5cnnc5)c5ccc(F)cc5F)nc4)cc3)CC2)cc1)C(F)(F)F. The Morgan fingerprint density at radius 1 is 0.714 bits per heavy atom. The van der Waals surface area contributed by atoms with E-state index in [1.54, 1.807) is 24.3 Å². The lowest BCUT2D eigenvalue weighted by Gasteiger charge is -2.37. The Balaban J connectivity index is 1.14. The van der Waals surface area contributed by atoms with Gasteiger partial charge in [-0.1, -0.05) is 30.3 Å². The monoisotopic (exact) mass is 686 g/mol. The Morgan fingerprint density at radius 2 is 1.27 bits per heavy atom. The highest BCUT2D eigenvalue weighted by molar-refractivity contribution is 5.66. The third kappa shape index (κ3) is 6.81. The molecule has 5 aromatic rings. The maximum atomic E-state index is 16.1. The zero-order chi connectivity index (χ0) is 35.0. The fraction of sp³-hybridized carbons (Fsp3) is 0.265. The number of aliphatic hydroxyl groups is 2. The summed E-state index contributed by atoms with van der Waals surface area (Å²) in [6.45, 7) is 1.61. The lowest BCUT2D eigenvalue weighted by atomic mass is 9.84. The van der Waals surface area contributed by atoms with E-state index in [0.29, 0.717) is 43.4 Å². The molecule has 1 fully saturated rings. The van der Waals surface area contributed by atoms with Crippen molar-refractivity contribution in [2.75, 3.05) is 36.0 Å². The molecule has 0 spiro atoms. The molecule has 0 saturated carbocycles. The van der Waals surface area contributed by atoms with Crippen LogP contribution in [0.1, 0.15) is 22.9 Å². The molecule has 0 aliphatic carbocycles. The van der Waals surface area contributed by atoms with E-state index in [-0.39, 0.29) is 5.56 Å². The van der Waals surface area contributed by atoms with Gasteiger partial charge >= 0.3 is 12.1 Å². The predicted molar refractivity (Wildman–Crippen MR) is 166 cm³/mol. The summed E-state index contributed by atoms with van der Waals surface area (Å²) >= 11 is 0. The quantitative estimate of drug-likeness (QED) is 0.178. The van der Waals surface area contributed by atoms with Crippen molar-refractivity contribution in [2.24, 2.45) is 0 Å². The molecule has 2 N–H and O–H groups in total. The van der Waals surface area contributed by atoms with Gasteiger partial charge in [0.05, 0.1) is 6.54 Å². The molecule has 49 heavy (non-hydrogen) atoms. The van der Waals surface area contributed by atoms with E-state index in [4.69, 9.17) is 0 Å². The lowest BCUT2D eigenvalue weighted by molar-refractivity contribution is -0.206. The standard InChI is InChI=1S/C34H29F7N6O2/c35-25-6-11-28(29(36)17-25)32(49,19-45-20-43-44-21-45)33(37,38)30-12-5-24(18-42-30)22-1-7-26(8-2-22)46-13-15-47(16-14-46)27-9-3-23(4-10-27)31(48)34(39,40)41/h1-12,17-18,20-21,31,48-49H,13-16,19H2/t31?,32-/m0/s1. The number of pyridine rings is 1. The number of anilines is 2. The molecule has 8 nitrogen and oxygen atoms in total. The van der Waals surface area contributed by atoms with Crippen LogP contribution in [0.4, 0.5) is 42.1 Å². The minimum Gasteiger partial charge on any atom is -0.379 e. The van der Waals surface area contributed by atoms with Gasteiger partial charge in [-0.15, -0.1) is 10.2 Å². The number of alkyl halides is 5. The molecule has 3 heterocycles. The zero-order valence-corrected chi connectivity index (χ0v) is 25.6. The highest BCUT2D eigenvalue weighted by Gasteiger charge is 2.57. The highest BCUT2D eigenvalue weighted by Crippen LogP contribution is 2.47. The first-order chi connectivity index (χ1) is 23.3. The van der Waals surface area contributed by atoms with Crippen LogP contribution in [-0.4, -0.2) is 62.3 Å². The fourth-order valence-corrected chi connectivity index (χ4v) is 5.85. The van der Waals surface area contributed by atoms with Gasteiger partial charge in [0.2, 0.25) is 0 Å². The molecule has 3 aromatic carbocycles. The first kappa shape index (κ1) is 33.9. The summed E-state index contributed by atoms with van der Waals surface area (Å²) in [4.78, 5) is 8.11. The van der Waals surface area contributed by atoms with Crippen LogP contribution >= 0.6 is 0 Å². The first-order valence-electron chi connectivity index (χ1n) is 15.1. The molecule has 2 aromatic heterocycles. The van der Waals surface area contributed by atoms with Crippen molar-refractivity contribution in [2.45, 2.75) is 30.3 Å². The van der Waals surface area contributed by atoms with Crippen LogP contribution in [-0.2, 0) is 18.1 Å². The highest BCUT2D eigenvalue weighted by atomic mass is 19.4. The van der Waals surface area contributed by atoms with Crippen molar-refractivity contribution in [1.82, 2.24) is 19.7 Å². The molecule has 1 unspecified atom stereocenters. The second kappa shape index (κ2) is 13.1. The number of aromatic nitrogens is 4. The van der Waals surface area contributed by atoms with E-state index >= 15 is 8.78 Å². The predicted octanol–water partition coefficient (Wildman–Crippen LogP) is 6.22. The van der Waals surface area contributed by atoms with Gasteiger partial charge in [-0.05, 0) is 53.6 Å². The maximum absolute atomic E-state index is 16.1. The van der Waals surface area contributed by atoms with Gasteiger partial charge in [0.1, 0.15) is 30.0 Å². The Kier molecular flexibility index (Phi) is 9.07. The number of piperazine rings is 1. The molecule has 0 amide bonds. The summed E-state index contributed by atoms with van der Waals surface area (Å²) in [5, 5.41) is 28.0. The summed E-state index contributed by atoms with van der Waals surface area (Å²) in [5.74, 6) is -6.50. The van der Waals surface area contributed by atoms with E-state index in [2.05, 4.69) is 20.1 Å². The molecule has 15 heteroatoms. The van der Waals surface area contributed by atoms with Crippen molar-refractivity contribution >= 4 is 11.4 Å². The van der Waals surface area contributed by atoms with Crippen molar-refractivity contribution in [3.05, 3.63) is 126 Å². The number of hydrogen-bond acceptors (Lipinski definition) is 7. The number of nitrogens with zero attached hydrogens (tertiary/aromatic N) is 6. The van der Waals surface area contributed by atoms with Crippen LogP contribution in [0.25, 0.3) is 11.1 Å². The third-order valence-electron chi connectivity index (χ3n) is 8.59. The molecule has 1 aliphatic heterocycles. The number of rotatable bonds is 9. The van der Waals surface area contributed by atoms with E-state index in [9.17, 15) is 32.2 Å². The lowest BCUT2D eigenvalue weighted by Crippen LogP contribution is -2.47. The van der Waals surface area contributed by atoms with E-state index in [1.807, 2.05) is 17.0 Å². The Morgan fingerprint density at radius 3 is 1.78 bits per heavy atom. The Bertz CT molecular complexity index is 1860. The fourth-order valence-electron chi connectivity index (χ4n) is 5.85. The van der Waals surface area contributed by atoms with Crippen LogP contribution in [0.5, 0.6) is 0 Å². The molecule has 1 saturated heterocycles. The summed E-state index contributed by atoms with van der Waals surface area (Å²) in [6, 6.07) is 17.4. The van der Waals surface area contributed by atoms with Gasteiger partial charge in [-0.3, -0.25) is 4.98 Å². The summed E-state index contributed by atoms with van der Waals surface area (Å²) in [6.07, 6.45) is -3.89. The van der Waals surface area contributed by atoms with Crippen molar-refractivity contribution in [3.8, 4) is 11.1 Å². The number of benzene rings is 3. The van der Waals surface area contributed by atoms with Gasteiger partial charge in [0.25, 0.3) is 0 Å². The van der Waals surface area contributed by atoms with Crippen LogP contribution in [0.2, 0.25) is 0 Å². The first-order valence-corrected chi connectivity index (χ1v) is 15.1. The second-order valence-electron chi connectivity index (χ2n) is 11.7. The van der Waals surface area contributed by atoms with Crippen LogP contribution in [0.15, 0.2) is 97.7 Å². The minimum atomic E-state index is -4.74. The average molecular weight is 687 g/mol. The number of hydrogen-bond donors (Lipinski definition) is 2. The topological polar surface area (TPSA) is 90.5 Å². The van der Waals surface area contributed by atoms with Gasteiger partial charge in [0.15, 0.2) is 11.7 Å². The molecule has 1 aliphatic rings. The zero-order valence-electron chi connectivity index (χ0n) is 25.6. The molecular weight excluding hydrogens is 657 g/mol. The second-order valence-corrected chi connectivity index (χ2v) is 11.7. The van der Waals surface area contributed by atoms with Gasteiger partial charge in [0, 0.05) is 60.9 Å². The molecular formula is C34H29F7N6O2. The van der Waals surface area contributed by atoms with Crippen LogP contribution in [0.3, 0.4) is 0 Å². The maximum Gasteiger partial charge on any atom is 0.418 e. The van der Waals surface area contributed by atoms with Crippen LogP contribution in [0, 0.1) is 11.6 Å². The summed E-state index contributed by atoms with van der Waals surface area (Å²) < 4.78 is 100. The Labute approximate surface area is 275 Å². The van der Waals surface area contributed by atoms with Gasteiger partial charge in [-0.25, -0.2) is 8.78 Å². The largest absolute Gasteiger partial charge is 0.418 e. The van der Waals surface area contributed by atoms with E-state index in [0.717, 1.165) is 46.8 Å². The summed E-state index contributed by atoms with van der Waals surface area (Å²) in [5.41, 5.74) is -2.24. The summed E-state index contributed by atoms with van der Waals surface area (Å²) in [7, 11) is 0. The average Bonchev–Trinajstić information content (AvgIpc) is 3.60. The van der Waals surface area contributed by atoms with E-state index in [1.165, 1.54) is 24.4 Å². The van der Waals surface area contributed by atoms with Crippen molar-refractivity contribution < 1.29 is 40.9 Å². The molecule has 0 bridgehead atoms. The van der Waals surface area contributed by atoms with E-state index < -0.39 is 53.2 Å². The number of halogens is 7. The Hall–Kier alpha value is -5.02. The normalized spacial score (nSPS) is 16.0. The molecule has 256 valence electrons.